The number of nitrogens with one attached hydrogen (secondary N) is 1. The maximum Gasteiger partial charge on any atom is 0.323 e. The van der Waals surface area contributed by atoms with E-state index >= 15 is 0 Å². The molecule has 1 amide bonds. The van der Waals surface area contributed by atoms with Crippen molar-refractivity contribution in [2.75, 3.05) is 6.54 Å². The van der Waals surface area contributed by atoms with Crippen molar-refractivity contribution in [1.29, 1.82) is 0 Å². The quantitative estimate of drug-likeness (QED) is 0.793. The molecule has 1 saturated heterocycles. The summed E-state index contributed by atoms with van der Waals surface area (Å²) in [4.78, 5) is 26.3. The van der Waals surface area contributed by atoms with Crippen molar-refractivity contribution in [2.45, 2.75) is 77.1 Å². The number of amides is 1. The predicted octanol–water partition coefficient (Wildman–Crippen LogP) is 1.46. The number of hydrogen-bond donors (Lipinski definition) is 1. The van der Waals surface area contributed by atoms with E-state index in [9.17, 15) is 9.59 Å². The molecular formula is C15H26N2O3. The molecule has 20 heavy (non-hydrogen) atoms. The van der Waals surface area contributed by atoms with E-state index in [-0.39, 0.29) is 24.0 Å². The van der Waals surface area contributed by atoms with Crippen LogP contribution in [-0.4, -0.2) is 47.0 Å². The van der Waals surface area contributed by atoms with Crippen molar-refractivity contribution in [3.05, 3.63) is 0 Å². The second-order valence-electron chi connectivity index (χ2n) is 6.89. The van der Waals surface area contributed by atoms with Crippen LogP contribution in [0.5, 0.6) is 0 Å². The van der Waals surface area contributed by atoms with Gasteiger partial charge in [0.1, 0.15) is 11.6 Å². The minimum Gasteiger partial charge on any atom is -0.459 e. The topological polar surface area (TPSA) is 58.6 Å². The lowest BCUT2D eigenvalue weighted by Gasteiger charge is -2.30. The molecule has 0 aromatic heterocycles. The summed E-state index contributed by atoms with van der Waals surface area (Å²) in [5.74, 6) is -0.177. The van der Waals surface area contributed by atoms with Crippen LogP contribution >= 0.6 is 0 Å². The Morgan fingerprint density at radius 1 is 1.25 bits per heavy atom. The smallest absolute Gasteiger partial charge is 0.323 e. The molecule has 0 spiro atoms. The van der Waals surface area contributed by atoms with E-state index in [1.807, 2.05) is 32.6 Å². The minimum atomic E-state index is -0.481. The summed E-state index contributed by atoms with van der Waals surface area (Å²) in [6.07, 6.45) is 3.86. The number of likely N-dealkylation sites (tertiary alicyclic amines) is 1. The minimum absolute atomic E-state index is 0.0305. The highest BCUT2D eigenvalue weighted by atomic mass is 16.6. The van der Waals surface area contributed by atoms with Crippen LogP contribution in [0.15, 0.2) is 0 Å². The number of hydrogen-bond acceptors (Lipinski definition) is 4. The van der Waals surface area contributed by atoms with Crippen molar-refractivity contribution >= 4 is 11.9 Å². The van der Waals surface area contributed by atoms with Crippen LogP contribution in [0.1, 0.15) is 53.4 Å². The Kier molecular flexibility index (Phi) is 4.37. The molecule has 1 heterocycles. The summed E-state index contributed by atoms with van der Waals surface area (Å²) in [7, 11) is 0. The molecule has 1 unspecified atom stereocenters. The van der Waals surface area contributed by atoms with Crippen molar-refractivity contribution in [3.63, 3.8) is 0 Å². The zero-order chi connectivity index (χ0) is 14.9. The van der Waals surface area contributed by atoms with Gasteiger partial charge in [0.15, 0.2) is 0 Å². The summed E-state index contributed by atoms with van der Waals surface area (Å²) < 4.78 is 5.46. The van der Waals surface area contributed by atoms with Crippen molar-refractivity contribution < 1.29 is 14.3 Å². The Labute approximate surface area is 121 Å². The van der Waals surface area contributed by atoms with Crippen LogP contribution in [0.3, 0.4) is 0 Å². The highest BCUT2D eigenvalue weighted by molar-refractivity contribution is 5.83. The monoisotopic (exact) mass is 282 g/mol. The van der Waals surface area contributed by atoms with Crippen LogP contribution in [0.25, 0.3) is 0 Å². The Morgan fingerprint density at radius 2 is 1.90 bits per heavy atom. The van der Waals surface area contributed by atoms with E-state index < -0.39 is 5.60 Å². The van der Waals surface area contributed by atoms with E-state index in [1.54, 1.807) is 0 Å². The van der Waals surface area contributed by atoms with Crippen LogP contribution < -0.4 is 5.32 Å². The molecule has 1 aliphatic heterocycles. The molecule has 2 atom stereocenters. The second kappa shape index (κ2) is 5.72. The Balaban J connectivity index is 1.95. The SMILES string of the molecule is CC(C(=O)NC1CC1)N1CCC[C@@H]1C(=O)OC(C)(C)C. The molecular weight excluding hydrogens is 256 g/mol. The second-order valence-corrected chi connectivity index (χ2v) is 6.89. The Hall–Kier alpha value is -1.10. The largest absolute Gasteiger partial charge is 0.459 e. The summed E-state index contributed by atoms with van der Waals surface area (Å²) in [6.45, 7) is 8.26. The van der Waals surface area contributed by atoms with Gasteiger partial charge in [-0.1, -0.05) is 0 Å². The average molecular weight is 282 g/mol. The van der Waals surface area contributed by atoms with Gasteiger partial charge in [0.25, 0.3) is 0 Å². The van der Waals surface area contributed by atoms with Gasteiger partial charge < -0.3 is 10.1 Å². The molecule has 5 nitrogen and oxygen atoms in total. The summed E-state index contributed by atoms with van der Waals surface area (Å²) in [5.41, 5.74) is -0.481. The maximum atomic E-state index is 12.2. The van der Waals surface area contributed by atoms with E-state index in [4.69, 9.17) is 4.74 Å². The predicted molar refractivity (Wildman–Crippen MR) is 76.2 cm³/mol. The third-order valence-electron chi connectivity index (χ3n) is 3.77. The molecule has 5 heteroatoms. The molecule has 2 aliphatic rings. The number of ether oxygens (including phenoxy) is 1. The molecule has 0 bridgehead atoms. The Bertz CT molecular complexity index is 385. The first-order valence-corrected chi connectivity index (χ1v) is 7.57. The van der Waals surface area contributed by atoms with Crippen LogP contribution in [0.2, 0.25) is 0 Å². The van der Waals surface area contributed by atoms with Crippen molar-refractivity contribution in [3.8, 4) is 0 Å². The van der Waals surface area contributed by atoms with Gasteiger partial charge in [0.05, 0.1) is 6.04 Å². The standard InChI is InChI=1S/C15H26N2O3/c1-10(13(18)16-11-7-8-11)17-9-5-6-12(17)14(19)20-15(2,3)4/h10-12H,5-9H2,1-4H3,(H,16,18)/t10?,12-/m1/s1. The lowest BCUT2D eigenvalue weighted by molar-refractivity contribution is -0.161. The van der Waals surface area contributed by atoms with Gasteiger partial charge in [0, 0.05) is 6.04 Å². The molecule has 0 aromatic rings. The molecule has 1 aliphatic carbocycles. The van der Waals surface area contributed by atoms with Crippen molar-refractivity contribution in [1.82, 2.24) is 10.2 Å². The first-order valence-electron chi connectivity index (χ1n) is 7.57. The zero-order valence-corrected chi connectivity index (χ0v) is 12.9. The van der Waals surface area contributed by atoms with Gasteiger partial charge in [-0.2, -0.15) is 0 Å². The highest BCUT2D eigenvalue weighted by Crippen LogP contribution is 2.24. The summed E-state index contributed by atoms with van der Waals surface area (Å²) >= 11 is 0. The molecule has 1 saturated carbocycles. The van der Waals surface area contributed by atoms with E-state index in [2.05, 4.69) is 5.32 Å². The molecule has 114 valence electrons. The van der Waals surface area contributed by atoms with E-state index in [0.717, 1.165) is 32.2 Å². The van der Waals surface area contributed by atoms with Gasteiger partial charge in [-0.15, -0.1) is 0 Å². The molecule has 0 aromatic carbocycles. The van der Waals surface area contributed by atoms with Crippen LogP contribution in [-0.2, 0) is 14.3 Å². The number of carbonyl (C=O) groups is 2. The van der Waals surface area contributed by atoms with Gasteiger partial charge in [-0.25, -0.2) is 0 Å². The molecule has 1 N–H and O–H groups in total. The molecule has 0 radical (unpaired) electrons. The molecule has 2 rings (SSSR count). The molecule has 2 fully saturated rings. The van der Waals surface area contributed by atoms with Gasteiger partial charge >= 0.3 is 5.97 Å². The van der Waals surface area contributed by atoms with Crippen molar-refractivity contribution in [2.24, 2.45) is 0 Å². The maximum absolute atomic E-state index is 12.2. The average Bonchev–Trinajstić information content (AvgIpc) is 2.99. The number of carbonyl (C=O) groups excluding carboxylic acids is 2. The zero-order valence-electron chi connectivity index (χ0n) is 12.9. The highest BCUT2D eigenvalue weighted by Gasteiger charge is 2.39. The van der Waals surface area contributed by atoms with Gasteiger partial charge in [-0.05, 0) is 59.9 Å². The number of esters is 1. The Morgan fingerprint density at radius 3 is 2.45 bits per heavy atom. The fraction of sp³-hybridized carbons (Fsp3) is 0.867. The fourth-order valence-electron chi connectivity index (χ4n) is 2.58. The lowest BCUT2D eigenvalue weighted by Crippen LogP contribution is -2.51. The number of rotatable bonds is 4. The van der Waals surface area contributed by atoms with Crippen LogP contribution in [0, 0.1) is 0 Å². The van der Waals surface area contributed by atoms with Crippen LogP contribution in [0.4, 0.5) is 0 Å². The van der Waals surface area contributed by atoms with E-state index in [1.165, 1.54) is 0 Å². The van der Waals surface area contributed by atoms with Gasteiger partial charge in [-0.3, -0.25) is 14.5 Å². The fourth-order valence-corrected chi connectivity index (χ4v) is 2.58. The normalized spacial score (nSPS) is 25.3. The first kappa shape index (κ1) is 15.3. The lowest BCUT2D eigenvalue weighted by atomic mass is 10.1. The first-order chi connectivity index (χ1) is 9.28. The summed E-state index contributed by atoms with van der Waals surface area (Å²) in [6, 6.07) is -0.197. The number of nitrogens with zero attached hydrogens (tertiary/aromatic N) is 1. The summed E-state index contributed by atoms with van der Waals surface area (Å²) in [5, 5.41) is 3.01. The third-order valence-corrected chi connectivity index (χ3v) is 3.77. The third kappa shape index (κ3) is 3.95. The van der Waals surface area contributed by atoms with Gasteiger partial charge in [0.2, 0.25) is 5.91 Å². The van der Waals surface area contributed by atoms with E-state index in [0.29, 0.717) is 6.04 Å².